The lowest BCUT2D eigenvalue weighted by molar-refractivity contribution is 0.0988. The van der Waals surface area contributed by atoms with Crippen molar-refractivity contribution >= 4 is 28.1 Å². The Morgan fingerprint density at radius 1 is 1.00 bits per heavy atom. The lowest BCUT2D eigenvalue weighted by atomic mass is 10.1. The van der Waals surface area contributed by atoms with E-state index in [1.54, 1.807) is 27.1 Å². The highest BCUT2D eigenvalue weighted by Gasteiger charge is 2.21. The van der Waals surface area contributed by atoms with Crippen molar-refractivity contribution in [1.82, 2.24) is 14.2 Å². The Hall–Kier alpha value is -3.41. The van der Waals surface area contributed by atoms with Crippen molar-refractivity contribution in [3.8, 4) is 0 Å². The number of aromatic nitrogens is 3. The quantitative estimate of drug-likeness (QED) is 0.549. The van der Waals surface area contributed by atoms with Crippen LogP contribution in [0.3, 0.4) is 0 Å². The van der Waals surface area contributed by atoms with Gasteiger partial charge in [-0.25, -0.2) is 4.52 Å². The highest BCUT2D eigenvalue weighted by Crippen LogP contribution is 2.22. The van der Waals surface area contributed by atoms with E-state index in [0.717, 1.165) is 28.7 Å². The van der Waals surface area contributed by atoms with Crippen molar-refractivity contribution in [3.63, 3.8) is 0 Å². The minimum Gasteiger partial charge on any atom is -0.310 e. The zero-order valence-corrected chi connectivity index (χ0v) is 16.2. The second-order valence-corrected chi connectivity index (χ2v) is 6.71. The van der Waals surface area contributed by atoms with Gasteiger partial charge < -0.3 is 9.47 Å². The van der Waals surface area contributed by atoms with E-state index in [-0.39, 0.29) is 17.2 Å². The number of amides is 1. The molecule has 0 fully saturated rings. The molecule has 4 rings (SSSR count). The first-order chi connectivity index (χ1) is 13.6. The third-order valence-electron chi connectivity index (χ3n) is 5.15. The van der Waals surface area contributed by atoms with Crippen LogP contribution < -0.4 is 10.5 Å². The number of rotatable bonds is 4. The van der Waals surface area contributed by atoms with Crippen molar-refractivity contribution in [2.24, 2.45) is 0 Å². The molecule has 0 saturated carbocycles. The van der Waals surface area contributed by atoms with Crippen LogP contribution in [0.25, 0.3) is 16.6 Å². The standard InChI is InChI=1S/C22H22N4O2/c1-4-15-10-6-7-11-17(15)24(3)21(27)16-14-20-22(28)25(5-2)18-12-8-9-13-19(18)26(20)23-16/h6-14H,4-5H2,1-3H3. The predicted octanol–water partition coefficient (Wildman–Crippen LogP) is 3.51. The molecule has 0 aliphatic heterocycles. The van der Waals surface area contributed by atoms with Gasteiger partial charge in [0.05, 0.1) is 11.0 Å². The summed E-state index contributed by atoms with van der Waals surface area (Å²) >= 11 is 0. The fraction of sp³-hybridized carbons (Fsp3) is 0.227. The Labute approximate surface area is 162 Å². The van der Waals surface area contributed by atoms with Crippen LogP contribution in [0.5, 0.6) is 0 Å². The maximum atomic E-state index is 13.1. The van der Waals surface area contributed by atoms with Gasteiger partial charge in [0.25, 0.3) is 11.5 Å². The molecule has 0 atom stereocenters. The summed E-state index contributed by atoms with van der Waals surface area (Å²) in [4.78, 5) is 27.7. The van der Waals surface area contributed by atoms with Crippen LogP contribution in [0.4, 0.5) is 5.69 Å². The summed E-state index contributed by atoms with van der Waals surface area (Å²) in [6.07, 6.45) is 0.824. The molecule has 0 aliphatic rings. The van der Waals surface area contributed by atoms with Gasteiger partial charge in [-0.2, -0.15) is 5.10 Å². The molecule has 4 aromatic rings. The van der Waals surface area contributed by atoms with Gasteiger partial charge >= 0.3 is 0 Å². The highest BCUT2D eigenvalue weighted by molar-refractivity contribution is 6.05. The average molecular weight is 374 g/mol. The van der Waals surface area contributed by atoms with Gasteiger partial charge in [0.2, 0.25) is 0 Å². The molecule has 6 nitrogen and oxygen atoms in total. The van der Waals surface area contributed by atoms with Crippen LogP contribution in [0.15, 0.2) is 59.4 Å². The summed E-state index contributed by atoms with van der Waals surface area (Å²) in [5.41, 5.74) is 4.04. The number of hydrogen-bond donors (Lipinski definition) is 0. The number of aryl methyl sites for hydroxylation is 2. The Morgan fingerprint density at radius 3 is 2.39 bits per heavy atom. The van der Waals surface area contributed by atoms with E-state index in [4.69, 9.17) is 0 Å². The third kappa shape index (κ3) is 2.69. The molecule has 2 heterocycles. The monoisotopic (exact) mass is 374 g/mol. The van der Waals surface area contributed by atoms with Gasteiger partial charge in [0, 0.05) is 25.3 Å². The van der Waals surface area contributed by atoms with E-state index in [9.17, 15) is 9.59 Å². The third-order valence-corrected chi connectivity index (χ3v) is 5.15. The topological polar surface area (TPSA) is 59.6 Å². The molecule has 0 bridgehead atoms. The van der Waals surface area contributed by atoms with E-state index in [1.165, 1.54) is 0 Å². The van der Waals surface area contributed by atoms with E-state index >= 15 is 0 Å². The van der Waals surface area contributed by atoms with Gasteiger partial charge in [-0.1, -0.05) is 37.3 Å². The van der Waals surface area contributed by atoms with Crippen molar-refractivity contribution in [3.05, 3.63) is 76.2 Å². The molecule has 28 heavy (non-hydrogen) atoms. The number of carbonyl (C=O) groups is 1. The number of hydrogen-bond acceptors (Lipinski definition) is 3. The summed E-state index contributed by atoms with van der Waals surface area (Å²) in [6, 6.07) is 17.0. The van der Waals surface area contributed by atoms with Crippen molar-refractivity contribution < 1.29 is 4.79 Å². The summed E-state index contributed by atoms with van der Waals surface area (Å²) in [6.45, 7) is 4.54. The molecule has 0 N–H and O–H groups in total. The summed E-state index contributed by atoms with van der Waals surface area (Å²) in [5.74, 6) is -0.240. The summed E-state index contributed by atoms with van der Waals surface area (Å²) < 4.78 is 3.29. The zero-order chi connectivity index (χ0) is 19.8. The van der Waals surface area contributed by atoms with Gasteiger partial charge in [0.1, 0.15) is 5.52 Å². The smallest absolute Gasteiger partial charge is 0.278 e. The molecule has 1 amide bonds. The number of para-hydroxylation sites is 3. The van der Waals surface area contributed by atoms with E-state index in [0.29, 0.717) is 12.1 Å². The minimum absolute atomic E-state index is 0.149. The zero-order valence-electron chi connectivity index (χ0n) is 16.2. The van der Waals surface area contributed by atoms with E-state index < -0.39 is 0 Å². The Kier molecular flexibility index (Phi) is 4.47. The largest absolute Gasteiger partial charge is 0.310 e. The molecule has 0 aliphatic carbocycles. The first-order valence-electron chi connectivity index (χ1n) is 9.44. The van der Waals surface area contributed by atoms with Gasteiger partial charge in [-0.15, -0.1) is 0 Å². The predicted molar refractivity (Wildman–Crippen MR) is 111 cm³/mol. The van der Waals surface area contributed by atoms with Crippen LogP contribution in [0, 0.1) is 0 Å². The average Bonchev–Trinajstić information content (AvgIpc) is 3.19. The first-order valence-corrected chi connectivity index (χ1v) is 9.44. The molecular formula is C22H22N4O2. The van der Waals surface area contributed by atoms with Crippen LogP contribution in [0.1, 0.15) is 29.9 Å². The molecule has 0 radical (unpaired) electrons. The van der Waals surface area contributed by atoms with Gasteiger partial charge in [-0.3, -0.25) is 9.59 Å². The number of carbonyl (C=O) groups excluding carboxylic acids is 1. The minimum atomic E-state index is -0.240. The molecule has 0 spiro atoms. The second kappa shape index (κ2) is 6.96. The van der Waals surface area contributed by atoms with Crippen LogP contribution in [0.2, 0.25) is 0 Å². The van der Waals surface area contributed by atoms with Gasteiger partial charge in [-0.05, 0) is 37.1 Å². The maximum Gasteiger partial charge on any atom is 0.278 e. The fourth-order valence-corrected chi connectivity index (χ4v) is 3.67. The SMILES string of the molecule is CCc1ccccc1N(C)C(=O)c1cc2c(=O)n(CC)c3ccccc3n2n1. The molecule has 6 heteroatoms. The van der Waals surface area contributed by atoms with E-state index in [1.807, 2.05) is 55.5 Å². The molecular weight excluding hydrogens is 352 g/mol. The van der Waals surface area contributed by atoms with Crippen LogP contribution >= 0.6 is 0 Å². The van der Waals surface area contributed by atoms with Gasteiger partial charge in [0.15, 0.2) is 5.69 Å². The number of fused-ring (bicyclic) bond motifs is 3. The normalized spacial score (nSPS) is 11.2. The second-order valence-electron chi connectivity index (χ2n) is 6.71. The Morgan fingerprint density at radius 2 is 1.68 bits per heavy atom. The lowest BCUT2D eigenvalue weighted by Crippen LogP contribution is -2.27. The van der Waals surface area contributed by atoms with Crippen molar-refractivity contribution in [1.29, 1.82) is 0 Å². The molecule has 0 unspecified atom stereocenters. The maximum absolute atomic E-state index is 13.1. The van der Waals surface area contributed by atoms with Crippen LogP contribution in [-0.2, 0) is 13.0 Å². The molecule has 2 aromatic carbocycles. The van der Waals surface area contributed by atoms with Crippen LogP contribution in [-0.4, -0.2) is 27.1 Å². The molecule has 142 valence electrons. The highest BCUT2D eigenvalue weighted by atomic mass is 16.2. The number of nitrogens with zero attached hydrogens (tertiary/aromatic N) is 4. The van der Waals surface area contributed by atoms with Crippen molar-refractivity contribution in [2.45, 2.75) is 26.8 Å². The van der Waals surface area contributed by atoms with E-state index in [2.05, 4.69) is 12.0 Å². The number of benzene rings is 2. The Balaban J connectivity index is 1.88. The van der Waals surface area contributed by atoms with Crippen molar-refractivity contribution in [2.75, 3.05) is 11.9 Å². The first kappa shape index (κ1) is 18.0. The summed E-state index contributed by atoms with van der Waals surface area (Å²) in [5, 5.41) is 4.49. The Bertz CT molecular complexity index is 1250. The number of anilines is 1. The lowest BCUT2D eigenvalue weighted by Gasteiger charge is -2.19. The molecule has 2 aromatic heterocycles. The molecule has 0 saturated heterocycles. The summed E-state index contributed by atoms with van der Waals surface area (Å²) in [7, 11) is 1.74. The fourth-order valence-electron chi connectivity index (χ4n) is 3.67.